The molecule has 0 bridgehead atoms. The van der Waals surface area contributed by atoms with E-state index in [-0.39, 0.29) is 12.8 Å². The zero-order chi connectivity index (χ0) is 41.7. The smallest absolute Gasteiger partial charge is 0.351 e. The summed E-state index contributed by atoms with van der Waals surface area (Å²) in [5, 5.41) is 21.2. The molecule has 0 saturated heterocycles. The van der Waals surface area contributed by atoms with Crippen molar-refractivity contribution in [3.05, 3.63) is 0 Å². The lowest BCUT2D eigenvalue weighted by Gasteiger charge is -2.33. The average molecular weight is 783 g/mol. The van der Waals surface area contributed by atoms with E-state index in [0.717, 1.165) is 55.4 Å². The molecule has 8 atom stereocenters. The van der Waals surface area contributed by atoms with E-state index in [0.29, 0.717) is 0 Å². The fourth-order valence-electron chi connectivity index (χ4n) is 4.26. The molecule has 22 heteroatoms. The zero-order valence-corrected chi connectivity index (χ0v) is 30.9. The first-order valence-corrected chi connectivity index (χ1v) is 16.1. The number of esters is 10. The fourth-order valence-corrected chi connectivity index (χ4v) is 4.26. The van der Waals surface area contributed by atoms with Crippen LogP contribution in [0.2, 0.25) is 0 Å². The minimum Gasteiger partial charge on any atom is -0.463 e. The zero-order valence-electron chi connectivity index (χ0n) is 30.9. The largest absolute Gasteiger partial charge is 0.463 e. The van der Waals surface area contributed by atoms with Crippen molar-refractivity contribution in [3.8, 4) is 0 Å². The van der Waals surface area contributed by atoms with Gasteiger partial charge < -0.3 is 57.6 Å². The molecule has 0 aromatic heterocycles. The average Bonchev–Trinajstić information content (AvgIpc) is 3.04. The highest BCUT2D eigenvalue weighted by atomic mass is 16.7. The van der Waals surface area contributed by atoms with Crippen LogP contribution in [0.5, 0.6) is 0 Å². The Bertz CT molecular complexity index is 1240. The molecule has 0 heterocycles. The number of carbonyl (C=O) groups is 10. The fraction of sp³-hybridized carbons (Fsp3) is 0.688. The van der Waals surface area contributed by atoms with Gasteiger partial charge >= 0.3 is 59.7 Å². The standard InChI is InChI=1S/C32H46O22/c1-15(33)47-13-23(41)25(49-17(3)35)27(51-19(5)37)29(53-21(7)39)31(43)45-11-9-10-12-46-32(44)30(54-22(8)40)28(52-20(6)38)26(50-18(4)36)24(42)14-48-16(2)34/h23-30,41-42H,9-14H2,1-8H3/t23-,24-,25-,26-,27+,28+,29-,30-/m1/s1. The van der Waals surface area contributed by atoms with Crippen LogP contribution in [0.1, 0.15) is 68.2 Å². The third-order valence-electron chi connectivity index (χ3n) is 6.20. The van der Waals surface area contributed by atoms with Gasteiger partial charge in [-0.3, -0.25) is 38.4 Å². The molecule has 0 aliphatic carbocycles. The summed E-state index contributed by atoms with van der Waals surface area (Å²) < 4.78 is 49.9. The van der Waals surface area contributed by atoms with Crippen molar-refractivity contribution in [1.82, 2.24) is 0 Å². The molecule has 2 N–H and O–H groups in total. The van der Waals surface area contributed by atoms with Gasteiger partial charge in [0.1, 0.15) is 25.4 Å². The summed E-state index contributed by atoms with van der Waals surface area (Å²) in [6.07, 6.45) is -16.0. The van der Waals surface area contributed by atoms with Gasteiger partial charge in [-0.05, 0) is 12.8 Å². The van der Waals surface area contributed by atoms with E-state index in [1.807, 2.05) is 0 Å². The van der Waals surface area contributed by atoms with Crippen molar-refractivity contribution in [2.45, 2.75) is 117 Å². The number of unbranched alkanes of at least 4 members (excludes halogenated alkanes) is 1. The highest BCUT2D eigenvalue weighted by molar-refractivity contribution is 5.81. The molecule has 306 valence electrons. The monoisotopic (exact) mass is 782 g/mol. The SMILES string of the molecule is CC(=O)OC[C@@H](O)[C@@H](OC(C)=O)[C@H](OC(C)=O)[C@@H](OC(C)=O)C(=O)OCCCCOC(=O)[C@H](OC(C)=O)[C@@H](OC(C)=O)[C@H](OC(C)=O)[C@H](O)COC(C)=O. The Kier molecular flexibility index (Phi) is 22.3. The maximum atomic E-state index is 13.1. The summed E-state index contributed by atoms with van der Waals surface area (Å²) in [7, 11) is 0. The third kappa shape index (κ3) is 20.0. The van der Waals surface area contributed by atoms with Gasteiger partial charge in [0, 0.05) is 55.4 Å². The van der Waals surface area contributed by atoms with Crippen LogP contribution in [-0.4, -0.2) is 145 Å². The molecule has 0 spiro atoms. The number of aliphatic hydroxyl groups is 2. The topological polar surface area (TPSA) is 303 Å². The van der Waals surface area contributed by atoms with Gasteiger partial charge in [-0.2, -0.15) is 0 Å². The predicted octanol–water partition coefficient (Wildman–Crippen LogP) is -1.71. The van der Waals surface area contributed by atoms with Gasteiger partial charge in [0.05, 0.1) is 13.2 Å². The Hall–Kier alpha value is -5.38. The lowest BCUT2D eigenvalue weighted by molar-refractivity contribution is -0.204. The van der Waals surface area contributed by atoms with E-state index < -0.39 is 135 Å². The third-order valence-corrected chi connectivity index (χ3v) is 6.20. The summed E-state index contributed by atoms with van der Waals surface area (Å²) >= 11 is 0. The van der Waals surface area contributed by atoms with Crippen LogP contribution in [0.25, 0.3) is 0 Å². The van der Waals surface area contributed by atoms with Gasteiger partial charge in [-0.25, -0.2) is 9.59 Å². The molecule has 22 nitrogen and oxygen atoms in total. The molecule has 0 amide bonds. The summed E-state index contributed by atoms with van der Waals surface area (Å²) in [5.74, 6) is -10.7. The Morgan fingerprint density at radius 1 is 0.370 bits per heavy atom. The van der Waals surface area contributed by atoms with E-state index in [9.17, 15) is 58.2 Å². The van der Waals surface area contributed by atoms with Crippen molar-refractivity contribution < 1.29 is 106 Å². The second kappa shape index (κ2) is 24.8. The lowest BCUT2D eigenvalue weighted by Crippen LogP contribution is -2.54. The molecule has 0 aromatic rings. The molecule has 0 aromatic carbocycles. The number of aliphatic hydroxyl groups excluding tert-OH is 2. The minimum atomic E-state index is -2.12. The second-order valence-electron chi connectivity index (χ2n) is 11.1. The molecular formula is C32H46O22. The van der Waals surface area contributed by atoms with Gasteiger partial charge in [0.25, 0.3) is 0 Å². The first-order chi connectivity index (χ1) is 25.1. The Morgan fingerprint density at radius 2 is 0.630 bits per heavy atom. The summed E-state index contributed by atoms with van der Waals surface area (Å²) in [6.45, 7) is 4.93. The normalized spacial score (nSPS) is 15.1. The van der Waals surface area contributed by atoms with Crippen LogP contribution in [0.3, 0.4) is 0 Å². The summed E-state index contributed by atoms with van der Waals surface area (Å²) in [5.41, 5.74) is 0. The number of hydrogen-bond acceptors (Lipinski definition) is 22. The number of hydrogen-bond donors (Lipinski definition) is 2. The van der Waals surface area contributed by atoms with E-state index >= 15 is 0 Å². The molecular weight excluding hydrogens is 736 g/mol. The Balaban J connectivity index is 5.94. The Labute approximate surface area is 308 Å². The van der Waals surface area contributed by atoms with Crippen molar-refractivity contribution in [1.29, 1.82) is 0 Å². The maximum absolute atomic E-state index is 13.1. The van der Waals surface area contributed by atoms with Crippen LogP contribution in [0.15, 0.2) is 0 Å². The minimum absolute atomic E-state index is 0.0741. The van der Waals surface area contributed by atoms with Gasteiger partial charge in [-0.1, -0.05) is 0 Å². The molecule has 0 radical (unpaired) electrons. The van der Waals surface area contributed by atoms with E-state index in [2.05, 4.69) is 0 Å². The van der Waals surface area contributed by atoms with Crippen LogP contribution >= 0.6 is 0 Å². The van der Waals surface area contributed by atoms with Crippen LogP contribution in [0.4, 0.5) is 0 Å². The van der Waals surface area contributed by atoms with Crippen LogP contribution in [-0.2, 0) is 95.3 Å². The van der Waals surface area contributed by atoms with Crippen molar-refractivity contribution in [2.24, 2.45) is 0 Å². The molecule has 0 rings (SSSR count). The maximum Gasteiger partial charge on any atom is 0.351 e. The van der Waals surface area contributed by atoms with Crippen molar-refractivity contribution in [2.75, 3.05) is 26.4 Å². The number of ether oxygens (including phenoxy) is 10. The van der Waals surface area contributed by atoms with Crippen molar-refractivity contribution in [3.63, 3.8) is 0 Å². The van der Waals surface area contributed by atoms with Crippen LogP contribution in [0, 0.1) is 0 Å². The van der Waals surface area contributed by atoms with E-state index in [1.165, 1.54) is 0 Å². The molecule has 0 unspecified atom stereocenters. The molecule has 0 aliphatic heterocycles. The number of carbonyl (C=O) groups excluding carboxylic acids is 10. The van der Waals surface area contributed by atoms with Crippen molar-refractivity contribution >= 4 is 59.7 Å². The molecule has 0 saturated carbocycles. The van der Waals surface area contributed by atoms with Gasteiger partial charge in [0.2, 0.25) is 12.2 Å². The molecule has 0 fully saturated rings. The van der Waals surface area contributed by atoms with Gasteiger partial charge in [-0.15, -0.1) is 0 Å². The first kappa shape index (κ1) is 48.6. The lowest BCUT2D eigenvalue weighted by atomic mass is 10.0. The Morgan fingerprint density at radius 3 is 0.870 bits per heavy atom. The quantitative estimate of drug-likeness (QED) is 0.0662. The molecule has 54 heavy (non-hydrogen) atoms. The van der Waals surface area contributed by atoms with Crippen LogP contribution < -0.4 is 0 Å². The van der Waals surface area contributed by atoms with E-state index in [4.69, 9.17) is 47.4 Å². The first-order valence-electron chi connectivity index (χ1n) is 16.1. The highest BCUT2D eigenvalue weighted by Gasteiger charge is 2.47. The highest BCUT2D eigenvalue weighted by Crippen LogP contribution is 2.21. The predicted molar refractivity (Wildman–Crippen MR) is 170 cm³/mol. The van der Waals surface area contributed by atoms with Gasteiger partial charge in [0.15, 0.2) is 24.4 Å². The molecule has 0 aliphatic rings. The summed E-state index contributed by atoms with van der Waals surface area (Å²) in [4.78, 5) is 120. The van der Waals surface area contributed by atoms with E-state index in [1.54, 1.807) is 0 Å². The summed E-state index contributed by atoms with van der Waals surface area (Å²) in [6, 6.07) is 0. The second-order valence-corrected chi connectivity index (χ2v) is 11.1. The number of rotatable bonds is 23.